The molecule has 5 heteroatoms. The fourth-order valence-electron chi connectivity index (χ4n) is 2.42. The van der Waals surface area contributed by atoms with E-state index in [2.05, 4.69) is 57.6 Å². The lowest BCUT2D eigenvalue weighted by Crippen LogP contribution is -2.50. The topological polar surface area (TPSA) is 27.3 Å². The minimum absolute atomic E-state index is 0.421. The molecule has 1 aliphatic heterocycles. The number of thiophene rings is 1. The molecule has 1 aromatic rings. The molecule has 0 spiro atoms. The van der Waals surface area contributed by atoms with Crippen LogP contribution in [0.25, 0.3) is 0 Å². The normalized spacial score (nSPS) is 21.4. The third-order valence-electron chi connectivity index (χ3n) is 3.42. The van der Waals surface area contributed by atoms with Crippen molar-refractivity contribution in [1.29, 1.82) is 0 Å². The number of hydrogen-bond donors (Lipinski definition) is 2. The van der Waals surface area contributed by atoms with Crippen LogP contribution in [0, 0.1) is 0 Å². The lowest BCUT2D eigenvalue weighted by atomic mass is 10.1. The molecule has 17 heavy (non-hydrogen) atoms. The molecule has 0 aromatic carbocycles. The van der Waals surface area contributed by atoms with Crippen LogP contribution in [0.3, 0.4) is 0 Å². The number of piperazine rings is 1. The van der Waals surface area contributed by atoms with Crippen LogP contribution in [0.4, 0.5) is 0 Å². The van der Waals surface area contributed by atoms with Crippen LogP contribution in [-0.2, 0) is 0 Å². The van der Waals surface area contributed by atoms with Crippen molar-refractivity contribution in [2.45, 2.75) is 19.0 Å². The predicted molar refractivity (Wildman–Crippen MR) is 77.7 cm³/mol. The lowest BCUT2D eigenvalue weighted by molar-refractivity contribution is 0.154. The quantitative estimate of drug-likeness (QED) is 0.890. The van der Waals surface area contributed by atoms with Gasteiger partial charge in [0.2, 0.25) is 0 Å². The Kier molecular flexibility index (Phi) is 4.99. The van der Waals surface area contributed by atoms with E-state index >= 15 is 0 Å². The van der Waals surface area contributed by atoms with Gasteiger partial charge in [-0.25, -0.2) is 0 Å². The van der Waals surface area contributed by atoms with Crippen molar-refractivity contribution in [2.75, 3.05) is 33.2 Å². The molecule has 0 saturated carbocycles. The summed E-state index contributed by atoms with van der Waals surface area (Å²) in [6.07, 6.45) is 0. The first-order valence-electron chi connectivity index (χ1n) is 6.09. The SMILES string of the molecule is CNC(c1ccc(Br)s1)C(C)N1CCNCC1. The van der Waals surface area contributed by atoms with E-state index < -0.39 is 0 Å². The van der Waals surface area contributed by atoms with Crippen LogP contribution in [0.5, 0.6) is 0 Å². The van der Waals surface area contributed by atoms with E-state index in [9.17, 15) is 0 Å². The highest BCUT2D eigenvalue weighted by atomic mass is 79.9. The van der Waals surface area contributed by atoms with Crippen LogP contribution in [0.1, 0.15) is 17.8 Å². The van der Waals surface area contributed by atoms with E-state index in [0.717, 1.165) is 26.2 Å². The summed E-state index contributed by atoms with van der Waals surface area (Å²) in [7, 11) is 2.05. The summed E-state index contributed by atoms with van der Waals surface area (Å²) in [5.74, 6) is 0. The standard InChI is InChI=1S/C12H20BrN3S/c1-9(16-7-5-15-6-8-16)12(14-2)10-3-4-11(13)17-10/h3-4,9,12,14-15H,5-8H2,1-2H3. The smallest absolute Gasteiger partial charge is 0.0702 e. The van der Waals surface area contributed by atoms with Crippen molar-refractivity contribution in [2.24, 2.45) is 0 Å². The van der Waals surface area contributed by atoms with E-state index in [1.165, 1.54) is 8.66 Å². The minimum atomic E-state index is 0.421. The Morgan fingerprint density at radius 2 is 2.12 bits per heavy atom. The Hall–Kier alpha value is 0.0600. The van der Waals surface area contributed by atoms with Crippen LogP contribution in [-0.4, -0.2) is 44.2 Å². The summed E-state index contributed by atoms with van der Waals surface area (Å²) in [5.41, 5.74) is 0. The second kappa shape index (κ2) is 6.29. The van der Waals surface area contributed by atoms with Crippen LogP contribution < -0.4 is 10.6 Å². The van der Waals surface area contributed by atoms with E-state index in [-0.39, 0.29) is 0 Å². The zero-order chi connectivity index (χ0) is 12.3. The summed E-state index contributed by atoms with van der Waals surface area (Å²) in [6.45, 7) is 6.82. The molecule has 96 valence electrons. The largest absolute Gasteiger partial charge is 0.314 e. The van der Waals surface area contributed by atoms with Crippen molar-refractivity contribution < 1.29 is 0 Å². The Bertz CT molecular complexity index is 349. The molecule has 0 amide bonds. The van der Waals surface area contributed by atoms with Gasteiger partial charge in [-0.3, -0.25) is 4.90 Å². The first kappa shape index (κ1) is 13.5. The second-order valence-corrected chi connectivity index (χ2v) is 6.93. The van der Waals surface area contributed by atoms with Crippen molar-refractivity contribution in [3.63, 3.8) is 0 Å². The third-order valence-corrected chi connectivity index (χ3v) is 5.13. The van der Waals surface area contributed by atoms with Gasteiger partial charge < -0.3 is 10.6 Å². The molecule has 2 rings (SSSR count). The van der Waals surface area contributed by atoms with Gasteiger partial charge in [0.25, 0.3) is 0 Å². The Balaban J connectivity index is 2.06. The molecule has 2 N–H and O–H groups in total. The van der Waals surface area contributed by atoms with Gasteiger partial charge in [-0.05, 0) is 42.0 Å². The molecule has 2 unspecified atom stereocenters. The fraction of sp³-hybridized carbons (Fsp3) is 0.667. The first-order chi connectivity index (χ1) is 8.22. The van der Waals surface area contributed by atoms with Crippen LogP contribution >= 0.6 is 27.3 Å². The maximum absolute atomic E-state index is 3.54. The minimum Gasteiger partial charge on any atom is -0.314 e. The summed E-state index contributed by atoms with van der Waals surface area (Å²) >= 11 is 5.37. The maximum Gasteiger partial charge on any atom is 0.0702 e. The Morgan fingerprint density at radius 1 is 1.41 bits per heavy atom. The molecule has 2 atom stereocenters. The lowest BCUT2D eigenvalue weighted by Gasteiger charge is -2.37. The fourth-order valence-corrected chi connectivity index (χ4v) is 4.05. The van der Waals surface area contributed by atoms with Crippen molar-refractivity contribution in [3.8, 4) is 0 Å². The molecule has 0 aliphatic carbocycles. The van der Waals surface area contributed by atoms with Gasteiger partial charge >= 0.3 is 0 Å². The third kappa shape index (κ3) is 3.29. The summed E-state index contributed by atoms with van der Waals surface area (Å²) in [4.78, 5) is 3.97. The van der Waals surface area contributed by atoms with E-state index in [0.29, 0.717) is 12.1 Å². The number of halogens is 1. The molecule has 1 aliphatic rings. The summed E-state index contributed by atoms with van der Waals surface area (Å²) in [6, 6.07) is 5.31. The molecule has 1 fully saturated rings. The molecule has 3 nitrogen and oxygen atoms in total. The zero-order valence-electron chi connectivity index (χ0n) is 10.4. The van der Waals surface area contributed by atoms with Gasteiger partial charge in [-0.2, -0.15) is 0 Å². The molecule has 0 bridgehead atoms. The first-order valence-corrected chi connectivity index (χ1v) is 7.70. The van der Waals surface area contributed by atoms with E-state index in [1.54, 1.807) is 0 Å². The van der Waals surface area contributed by atoms with Gasteiger partial charge in [0, 0.05) is 37.1 Å². The molecule has 1 saturated heterocycles. The highest BCUT2D eigenvalue weighted by Crippen LogP contribution is 2.30. The monoisotopic (exact) mass is 317 g/mol. The average Bonchev–Trinajstić information content (AvgIpc) is 2.78. The van der Waals surface area contributed by atoms with Gasteiger partial charge in [0.1, 0.15) is 0 Å². The van der Waals surface area contributed by atoms with Gasteiger partial charge in [0.15, 0.2) is 0 Å². The number of rotatable bonds is 4. The van der Waals surface area contributed by atoms with E-state index in [1.807, 2.05) is 11.3 Å². The van der Waals surface area contributed by atoms with Crippen LogP contribution in [0.2, 0.25) is 0 Å². The van der Waals surface area contributed by atoms with E-state index in [4.69, 9.17) is 0 Å². The van der Waals surface area contributed by atoms with Crippen LogP contribution in [0.15, 0.2) is 15.9 Å². The van der Waals surface area contributed by atoms with Crippen molar-refractivity contribution in [3.05, 3.63) is 20.8 Å². The Morgan fingerprint density at radius 3 is 2.65 bits per heavy atom. The number of hydrogen-bond acceptors (Lipinski definition) is 4. The highest BCUT2D eigenvalue weighted by molar-refractivity contribution is 9.11. The van der Waals surface area contributed by atoms with Gasteiger partial charge in [-0.1, -0.05) is 0 Å². The summed E-state index contributed by atoms with van der Waals surface area (Å²) in [5, 5.41) is 6.86. The zero-order valence-corrected chi connectivity index (χ0v) is 12.8. The Labute approximate surface area is 116 Å². The predicted octanol–water partition coefficient (Wildman–Crippen LogP) is 2.06. The number of nitrogens with one attached hydrogen (secondary N) is 2. The van der Waals surface area contributed by atoms with Crippen molar-refractivity contribution in [1.82, 2.24) is 15.5 Å². The van der Waals surface area contributed by atoms with Gasteiger partial charge in [0.05, 0.1) is 9.83 Å². The average molecular weight is 318 g/mol. The molecular formula is C12H20BrN3S. The number of nitrogens with zero attached hydrogens (tertiary/aromatic N) is 1. The van der Waals surface area contributed by atoms with Gasteiger partial charge in [-0.15, -0.1) is 11.3 Å². The highest BCUT2D eigenvalue weighted by Gasteiger charge is 2.25. The molecule has 1 aromatic heterocycles. The number of likely N-dealkylation sites (N-methyl/N-ethyl adjacent to an activating group) is 1. The molecular weight excluding hydrogens is 298 g/mol. The van der Waals surface area contributed by atoms with Crippen molar-refractivity contribution >= 4 is 27.3 Å². The molecule has 2 heterocycles. The summed E-state index contributed by atoms with van der Waals surface area (Å²) < 4.78 is 1.21. The second-order valence-electron chi connectivity index (χ2n) is 4.43. The molecule has 0 radical (unpaired) electrons. The maximum atomic E-state index is 3.54.